The monoisotopic (exact) mass is 403 g/mol. The van der Waals surface area contributed by atoms with Crippen LogP contribution in [0, 0.1) is 6.92 Å². The van der Waals surface area contributed by atoms with E-state index in [2.05, 4.69) is 4.74 Å². The normalized spacial score (nSPS) is 20.1. The zero-order chi connectivity index (χ0) is 20.3. The van der Waals surface area contributed by atoms with Gasteiger partial charge in [-0.25, -0.2) is 4.79 Å². The third-order valence-electron chi connectivity index (χ3n) is 4.63. The molecule has 0 radical (unpaired) electrons. The lowest BCUT2D eigenvalue weighted by Gasteiger charge is -2.41. The summed E-state index contributed by atoms with van der Waals surface area (Å²) in [5.74, 6) is 0.0791. The molecular weight excluding hydrogens is 378 g/mol. The molecule has 2 aromatic rings. The first-order valence-corrected chi connectivity index (χ1v) is 10.5. The van der Waals surface area contributed by atoms with Crippen molar-refractivity contribution in [1.82, 2.24) is 4.31 Å². The molecule has 6 nitrogen and oxygen atoms in total. The predicted octanol–water partition coefficient (Wildman–Crippen LogP) is 4.49. The maximum atomic E-state index is 11.3. The van der Waals surface area contributed by atoms with Crippen molar-refractivity contribution in [3.63, 3.8) is 0 Å². The maximum absolute atomic E-state index is 11.3. The van der Waals surface area contributed by atoms with Crippen molar-refractivity contribution in [2.45, 2.75) is 31.4 Å². The van der Waals surface area contributed by atoms with E-state index in [1.165, 1.54) is 13.2 Å². The first-order valence-electron chi connectivity index (χ1n) is 8.96. The minimum absolute atomic E-state index is 0.197. The quantitative estimate of drug-likeness (QED) is 0.578. The fraction of sp³-hybridized carbons (Fsp3) is 0.286. The molecule has 0 aliphatic carbocycles. The van der Waals surface area contributed by atoms with Gasteiger partial charge in [0.15, 0.2) is 0 Å². The summed E-state index contributed by atoms with van der Waals surface area (Å²) in [5.41, 5.74) is 2.80. The summed E-state index contributed by atoms with van der Waals surface area (Å²) in [5, 5.41) is 0. The summed E-state index contributed by atoms with van der Waals surface area (Å²) in [6.45, 7) is 4.60. The second-order valence-corrected chi connectivity index (χ2v) is 8.75. The number of carbonyl (C=O) groups is 1. The van der Waals surface area contributed by atoms with E-state index in [-0.39, 0.29) is 6.10 Å². The summed E-state index contributed by atoms with van der Waals surface area (Å²) in [6, 6.07) is 12.8. The van der Waals surface area contributed by atoms with Gasteiger partial charge in [-0.05, 0) is 48.7 Å². The maximum Gasteiger partial charge on any atom is 0.330 e. The van der Waals surface area contributed by atoms with Crippen LogP contribution in [0.4, 0.5) is 0 Å². The van der Waals surface area contributed by atoms with E-state index in [0.717, 1.165) is 16.7 Å². The molecule has 1 aliphatic rings. The number of rotatable bonds is 4. The lowest BCUT2D eigenvalue weighted by atomic mass is 10.0. The Labute approximate surface area is 166 Å². The van der Waals surface area contributed by atoms with Crippen LogP contribution in [-0.4, -0.2) is 39.1 Å². The summed E-state index contributed by atoms with van der Waals surface area (Å²) in [7, 11) is -1.86. The first-order chi connectivity index (χ1) is 13.3. The Bertz CT molecular complexity index is 896. The number of para-hydroxylation sites is 1. The molecule has 7 heteroatoms. The van der Waals surface area contributed by atoms with Crippen molar-refractivity contribution < 1.29 is 23.4 Å². The lowest BCUT2D eigenvalue weighted by Crippen LogP contribution is -2.33. The molecule has 1 atom stereocenters. The third-order valence-corrected chi connectivity index (χ3v) is 6.55. The summed E-state index contributed by atoms with van der Waals surface area (Å²) < 4.78 is 34.2. The van der Waals surface area contributed by atoms with Crippen LogP contribution in [0.5, 0.6) is 5.75 Å². The molecular formula is C21H25NO5S. The van der Waals surface area contributed by atoms with Crippen molar-refractivity contribution in [3.05, 3.63) is 65.2 Å². The SMILES string of the molecule is COC(=O)C=Cc1ccc(C)c(CN2CC(C)Oc3ccccc3S2(O)O)c1. The van der Waals surface area contributed by atoms with Gasteiger partial charge in [0.1, 0.15) is 16.7 Å². The van der Waals surface area contributed by atoms with Gasteiger partial charge in [-0.15, -0.1) is 10.8 Å². The molecule has 2 N–H and O–H groups in total. The zero-order valence-corrected chi connectivity index (χ0v) is 17.0. The van der Waals surface area contributed by atoms with Gasteiger partial charge in [0.2, 0.25) is 0 Å². The van der Waals surface area contributed by atoms with E-state index in [9.17, 15) is 13.9 Å². The molecule has 0 bridgehead atoms. The minimum atomic E-state index is -3.19. The van der Waals surface area contributed by atoms with Crippen molar-refractivity contribution in [2.24, 2.45) is 0 Å². The van der Waals surface area contributed by atoms with Crippen LogP contribution in [-0.2, 0) is 16.1 Å². The Hall–Kier alpha value is -2.32. The number of hydrogen-bond donors (Lipinski definition) is 2. The molecule has 3 rings (SSSR count). The molecule has 0 saturated carbocycles. The van der Waals surface area contributed by atoms with E-state index < -0.39 is 16.7 Å². The Morgan fingerprint density at radius 2 is 2.07 bits per heavy atom. The van der Waals surface area contributed by atoms with Gasteiger partial charge < -0.3 is 9.47 Å². The summed E-state index contributed by atoms with van der Waals surface area (Å²) >= 11 is 0. The second-order valence-electron chi connectivity index (χ2n) is 6.76. The van der Waals surface area contributed by atoms with Crippen molar-refractivity contribution in [3.8, 4) is 5.75 Å². The van der Waals surface area contributed by atoms with Crippen LogP contribution in [0.2, 0.25) is 0 Å². The van der Waals surface area contributed by atoms with Crippen molar-refractivity contribution in [1.29, 1.82) is 0 Å². The molecule has 28 heavy (non-hydrogen) atoms. The van der Waals surface area contributed by atoms with Crippen LogP contribution in [0.25, 0.3) is 6.08 Å². The first kappa shape index (κ1) is 20.4. The van der Waals surface area contributed by atoms with Gasteiger partial charge >= 0.3 is 5.97 Å². The molecule has 0 fully saturated rings. The average Bonchev–Trinajstić information content (AvgIpc) is 2.76. The van der Waals surface area contributed by atoms with Crippen molar-refractivity contribution in [2.75, 3.05) is 13.7 Å². The molecule has 150 valence electrons. The van der Waals surface area contributed by atoms with E-state index in [4.69, 9.17) is 4.74 Å². The highest BCUT2D eigenvalue weighted by Gasteiger charge is 2.33. The van der Waals surface area contributed by atoms with E-state index in [1.807, 2.05) is 38.1 Å². The van der Waals surface area contributed by atoms with Crippen LogP contribution < -0.4 is 4.74 Å². The number of nitrogens with zero attached hydrogens (tertiary/aromatic N) is 1. The second kappa shape index (κ2) is 8.36. The van der Waals surface area contributed by atoms with E-state index in [1.54, 1.807) is 28.6 Å². The Balaban J connectivity index is 1.92. The zero-order valence-electron chi connectivity index (χ0n) is 16.2. The Morgan fingerprint density at radius 3 is 2.82 bits per heavy atom. The van der Waals surface area contributed by atoms with E-state index >= 15 is 0 Å². The largest absolute Gasteiger partial charge is 0.487 e. The smallest absolute Gasteiger partial charge is 0.330 e. The molecule has 1 heterocycles. The molecule has 1 aliphatic heterocycles. The number of fused-ring (bicyclic) bond motifs is 1. The highest BCUT2D eigenvalue weighted by atomic mass is 32.3. The summed E-state index contributed by atoms with van der Waals surface area (Å²) in [4.78, 5) is 11.7. The molecule has 0 amide bonds. The van der Waals surface area contributed by atoms with Gasteiger partial charge in [0.25, 0.3) is 0 Å². The highest BCUT2D eigenvalue weighted by Crippen LogP contribution is 2.57. The van der Waals surface area contributed by atoms with Gasteiger partial charge in [0, 0.05) is 12.6 Å². The van der Waals surface area contributed by atoms with Gasteiger partial charge in [-0.1, -0.05) is 30.3 Å². The number of ether oxygens (including phenoxy) is 2. The molecule has 2 aromatic carbocycles. The molecule has 0 aromatic heterocycles. The number of esters is 1. The lowest BCUT2D eigenvalue weighted by molar-refractivity contribution is -0.134. The van der Waals surface area contributed by atoms with Gasteiger partial charge in [-0.2, -0.15) is 4.31 Å². The number of aryl methyl sites for hydroxylation is 1. The standard InChI is InChI=1S/C21H25NO5S/c1-15-8-9-17(10-11-21(23)26-3)12-18(15)14-22-13-16(2)27-19-6-4-5-7-20(19)28(22,24)25/h4-12,16,24-25H,13-14H2,1-3H3. The number of methoxy groups -OCH3 is 1. The highest BCUT2D eigenvalue weighted by molar-refractivity contribution is 8.22. The third kappa shape index (κ3) is 4.39. The van der Waals surface area contributed by atoms with Gasteiger partial charge in [-0.3, -0.25) is 9.11 Å². The molecule has 0 saturated heterocycles. The number of carbonyl (C=O) groups excluding carboxylic acids is 1. The van der Waals surface area contributed by atoms with Crippen LogP contribution in [0.15, 0.2) is 53.4 Å². The predicted molar refractivity (Wildman–Crippen MR) is 110 cm³/mol. The van der Waals surface area contributed by atoms with Crippen LogP contribution in [0.1, 0.15) is 23.6 Å². The fourth-order valence-corrected chi connectivity index (χ4v) is 4.76. The molecule has 0 spiro atoms. The minimum Gasteiger partial charge on any atom is -0.487 e. The van der Waals surface area contributed by atoms with Crippen LogP contribution >= 0.6 is 10.8 Å². The topological polar surface area (TPSA) is 79.2 Å². The van der Waals surface area contributed by atoms with Crippen LogP contribution in [0.3, 0.4) is 0 Å². The fourth-order valence-electron chi connectivity index (χ4n) is 3.10. The van der Waals surface area contributed by atoms with E-state index in [0.29, 0.717) is 23.7 Å². The molecule has 1 unspecified atom stereocenters. The summed E-state index contributed by atoms with van der Waals surface area (Å²) in [6.07, 6.45) is 2.84. The Morgan fingerprint density at radius 1 is 1.32 bits per heavy atom. The number of hydrogen-bond acceptors (Lipinski definition) is 6. The van der Waals surface area contributed by atoms with Crippen molar-refractivity contribution >= 4 is 22.8 Å². The van der Waals surface area contributed by atoms with Gasteiger partial charge in [0.05, 0.1) is 13.7 Å². The average molecular weight is 404 g/mol. The number of benzene rings is 2. The Kier molecular flexibility index (Phi) is 6.10.